The van der Waals surface area contributed by atoms with Gasteiger partial charge in [0, 0.05) is 6.42 Å². The molecule has 13 nitrogen and oxygen atoms in total. The van der Waals surface area contributed by atoms with E-state index in [4.69, 9.17) is 24.3 Å². The number of esters is 1. The lowest BCUT2D eigenvalue weighted by atomic mass is 10.0. The maximum absolute atomic E-state index is 14.2. The second kappa shape index (κ2) is 17.5. The number of aliphatic hydroxyl groups excluding tert-OH is 1. The molecule has 4 rings (SSSR count). The maximum Gasteiger partial charge on any atom is 0.459 e. The molecule has 0 spiro atoms. The van der Waals surface area contributed by atoms with Gasteiger partial charge in [-0.25, -0.2) is 9.55 Å². The topological polar surface area (TPSA) is 173 Å². The van der Waals surface area contributed by atoms with Gasteiger partial charge in [-0.2, -0.15) is 19.4 Å². The van der Waals surface area contributed by atoms with Crippen molar-refractivity contribution in [3.8, 4) is 5.75 Å². The number of aliphatic hydroxyl groups is 1. The van der Waals surface area contributed by atoms with Gasteiger partial charge in [0.25, 0.3) is 0 Å². The van der Waals surface area contributed by atoms with Crippen LogP contribution in [0.25, 0.3) is 11.2 Å². The number of hydrogen-bond acceptors (Lipinski definition) is 11. The van der Waals surface area contributed by atoms with Crippen molar-refractivity contribution in [2.75, 3.05) is 12.3 Å². The molecule has 2 aromatic heterocycles. The van der Waals surface area contributed by atoms with Crippen molar-refractivity contribution in [2.45, 2.75) is 128 Å². The van der Waals surface area contributed by atoms with Crippen molar-refractivity contribution >= 4 is 30.7 Å². The van der Waals surface area contributed by atoms with E-state index in [1.807, 2.05) is 0 Å². The number of nitrogens with one attached hydrogen (secondary N) is 1. The number of fused-ring (bicyclic) bond motifs is 1. The lowest BCUT2D eigenvalue weighted by Gasteiger charge is -2.30. The molecule has 5 atom stereocenters. The quantitative estimate of drug-likeness (QED) is 0.0501. The minimum absolute atomic E-state index is 0.0642. The number of nitrogens with two attached hydrogens (primary N) is 1. The average molecular weight is 693 g/mol. The van der Waals surface area contributed by atoms with Crippen LogP contribution in [0.2, 0.25) is 0 Å². The number of imidazole rings is 1. The summed E-state index contributed by atoms with van der Waals surface area (Å²) in [5.74, 6) is -0.438. The highest BCUT2D eigenvalue weighted by Crippen LogP contribution is 2.48. The molecular formula is C33H50FN6O7P. The molecule has 1 saturated heterocycles. The van der Waals surface area contributed by atoms with Gasteiger partial charge in [0.15, 0.2) is 17.0 Å². The van der Waals surface area contributed by atoms with Crippen LogP contribution >= 0.6 is 7.75 Å². The van der Waals surface area contributed by atoms with E-state index in [2.05, 4.69) is 33.9 Å². The second-order valence-electron chi connectivity index (χ2n) is 12.6. The van der Waals surface area contributed by atoms with Gasteiger partial charge in [-0.3, -0.25) is 13.9 Å². The average Bonchev–Trinajstić information content (AvgIpc) is 3.61. The number of ether oxygens (including phenoxy) is 2. The first kappa shape index (κ1) is 37.7. The van der Waals surface area contributed by atoms with Crippen LogP contribution < -0.4 is 15.3 Å². The fourth-order valence-corrected chi connectivity index (χ4v) is 7.22. The summed E-state index contributed by atoms with van der Waals surface area (Å²) in [4.78, 5) is 24.8. The minimum atomic E-state index is -4.26. The summed E-state index contributed by atoms with van der Waals surface area (Å²) in [5, 5.41) is 13.8. The van der Waals surface area contributed by atoms with Crippen LogP contribution in [-0.2, 0) is 23.4 Å². The van der Waals surface area contributed by atoms with E-state index in [1.165, 1.54) is 10.9 Å². The van der Waals surface area contributed by atoms with Gasteiger partial charge >= 0.3 is 19.8 Å². The number of benzene rings is 1. The van der Waals surface area contributed by atoms with Crippen molar-refractivity contribution in [1.82, 2.24) is 24.6 Å². The maximum atomic E-state index is 14.2. The van der Waals surface area contributed by atoms with Gasteiger partial charge < -0.3 is 24.8 Å². The van der Waals surface area contributed by atoms with Gasteiger partial charge in [-0.1, -0.05) is 70.6 Å². The van der Waals surface area contributed by atoms with Crippen LogP contribution in [0.5, 0.6) is 5.75 Å². The molecule has 1 aliphatic rings. The van der Waals surface area contributed by atoms with E-state index in [9.17, 15) is 18.9 Å². The number of halogens is 1. The molecule has 48 heavy (non-hydrogen) atoms. The highest BCUT2D eigenvalue weighted by atomic mass is 31.2. The van der Waals surface area contributed by atoms with E-state index in [0.29, 0.717) is 0 Å². The first-order chi connectivity index (χ1) is 23.0. The zero-order valence-corrected chi connectivity index (χ0v) is 29.2. The number of carbonyl (C=O) groups is 1. The molecule has 0 bridgehead atoms. The third kappa shape index (κ3) is 10.2. The van der Waals surface area contributed by atoms with E-state index in [0.717, 1.165) is 64.2 Å². The first-order valence-electron chi connectivity index (χ1n) is 17.0. The van der Waals surface area contributed by atoms with Crippen LogP contribution in [0.15, 0.2) is 36.7 Å². The normalized spacial score (nSPS) is 21.4. The summed E-state index contributed by atoms with van der Waals surface area (Å²) in [5.41, 5.74) is 4.70. The zero-order valence-electron chi connectivity index (χ0n) is 28.3. The molecule has 1 aliphatic heterocycles. The summed E-state index contributed by atoms with van der Waals surface area (Å²) < 4.78 is 53.5. The van der Waals surface area contributed by atoms with E-state index >= 15 is 0 Å². The van der Waals surface area contributed by atoms with Crippen LogP contribution in [0.4, 0.5) is 10.2 Å². The SMILES string of the molecule is CCCCCCC(CCCCCC)OC(=O)C(C)NP(=O)(OC[C@@]1(C)O[C@@H](n2cnc3c(N)nc(F)nc32)C[C@@H]1O)Oc1ccccc1. The van der Waals surface area contributed by atoms with Crippen molar-refractivity contribution < 1.29 is 37.4 Å². The number of aromatic nitrogens is 4. The highest BCUT2D eigenvalue weighted by Gasteiger charge is 2.48. The van der Waals surface area contributed by atoms with Gasteiger partial charge in [-0.15, -0.1) is 0 Å². The van der Waals surface area contributed by atoms with Crippen LogP contribution in [0, 0.1) is 6.08 Å². The Kier molecular flexibility index (Phi) is 13.7. The Morgan fingerprint density at radius 1 is 1.15 bits per heavy atom. The molecule has 15 heteroatoms. The smallest absolute Gasteiger partial charge is 0.459 e. The molecule has 0 saturated carbocycles. The first-order valence-corrected chi connectivity index (χ1v) is 18.5. The zero-order chi connectivity index (χ0) is 34.7. The van der Waals surface area contributed by atoms with Crippen molar-refractivity contribution in [3.63, 3.8) is 0 Å². The number of nitrogens with zero attached hydrogens (tertiary/aromatic N) is 4. The Hall–Kier alpha value is -3.16. The molecule has 4 N–H and O–H groups in total. The third-order valence-corrected chi connectivity index (χ3v) is 10.1. The number of nitrogen functional groups attached to an aromatic ring is 1. The Labute approximate surface area is 281 Å². The number of unbranched alkanes of at least 4 members (excludes halogenated alkanes) is 6. The predicted octanol–water partition coefficient (Wildman–Crippen LogP) is 6.62. The van der Waals surface area contributed by atoms with Crippen LogP contribution in [0.3, 0.4) is 0 Å². The summed E-state index contributed by atoms with van der Waals surface area (Å²) in [6, 6.07) is 7.38. The lowest BCUT2D eigenvalue weighted by molar-refractivity contribution is -0.151. The van der Waals surface area contributed by atoms with Crippen molar-refractivity contribution in [3.05, 3.63) is 42.7 Å². The van der Waals surface area contributed by atoms with E-state index in [-0.39, 0.29) is 41.9 Å². The molecule has 3 heterocycles. The molecule has 1 aromatic carbocycles. The van der Waals surface area contributed by atoms with Gasteiger partial charge in [0.2, 0.25) is 0 Å². The number of rotatable bonds is 20. The monoisotopic (exact) mass is 692 g/mol. The molecule has 0 aliphatic carbocycles. The Bertz CT molecular complexity index is 1500. The largest absolute Gasteiger partial charge is 0.461 e. The van der Waals surface area contributed by atoms with Crippen molar-refractivity contribution in [1.29, 1.82) is 0 Å². The van der Waals surface area contributed by atoms with Crippen LogP contribution in [0.1, 0.15) is 105 Å². The molecule has 0 amide bonds. The summed E-state index contributed by atoms with van der Waals surface area (Å²) in [6.45, 7) is 7.06. The third-order valence-electron chi connectivity index (χ3n) is 8.50. The fourth-order valence-electron chi connectivity index (χ4n) is 5.64. The van der Waals surface area contributed by atoms with E-state index < -0.39 is 43.8 Å². The van der Waals surface area contributed by atoms with Crippen molar-refractivity contribution in [2.24, 2.45) is 0 Å². The molecule has 266 valence electrons. The Balaban J connectivity index is 1.45. The molecule has 2 unspecified atom stereocenters. The fraction of sp³-hybridized carbons (Fsp3) is 0.636. The summed E-state index contributed by atoms with van der Waals surface area (Å²) >= 11 is 0. The number of para-hydroxylation sites is 1. The highest BCUT2D eigenvalue weighted by molar-refractivity contribution is 7.52. The number of carbonyl (C=O) groups excluding carboxylic acids is 1. The van der Waals surface area contributed by atoms with Gasteiger partial charge in [0.1, 0.15) is 29.7 Å². The Morgan fingerprint density at radius 3 is 2.46 bits per heavy atom. The van der Waals surface area contributed by atoms with Gasteiger partial charge in [-0.05, 0) is 51.7 Å². The number of hydrogen-bond donors (Lipinski definition) is 3. The van der Waals surface area contributed by atoms with Crippen LogP contribution in [-0.4, -0.2) is 61.1 Å². The summed E-state index contributed by atoms with van der Waals surface area (Å²) in [7, 11) is -4.26. The lowest BCUT2D eigenvalue weighted by Crippen LogP contribution is -2.42. The molecule has 3 aromatic rings. The second-order valence-corrected chi connectivity index (χ2v) is 14.3. The van der Waals surface area contributed by atoms with Gasteiger partial charge in [0.05, 0.1) is 19.0 Å². The molecule has 1 fully saturated rings. The summed E-state index contributed by atoms with van der Waals surface area (Å²) in [6.07, 6.45) is 8.36. The molecule has 0 radical (unpaired) electrons. The predicted molar refractivity (Wildman–Crippen MR) is 179 cm³/mol. The number of anilines is 1. The van der Waals surface area contributed by atoms with E-state index in [1.54, 1.807) is 44.2 Å². The minimum Gasteiger partial charge on any atom is -0.461 e. The Morgan fingerprint density at radius 2 is 1.81 bits per heavy atom. The molecular weight excluding hydrogens is 642 g/mol. The standard InChI is InChI=1S/C33H50FN6O7P/c1-5-7-9-12-16-24(17-13-10-8-6-2)45-31(42)23(3)39-48(43,47-25-18-14-11-15-19-25)44-21-33(4)26(41)20-27(46-33)40-22-36-28-29(35)37-32(34)38-30(28)40/h11,14-15,18-19,22-24,26-27,41H,5-10,12-13,16-17,20-21H2,1-4H3,(H,39,43)(H2,35,37,38)/t23?,26-,27+,33+,48?/m0/s1.